The van der Waals surface area contributed by atoms with Crippen LogP contribution in [0.5, 0.6) is 34.5 Å². The normalized spacial score (nSPS) is 24.7. The lowest BCUT2D eigenvalue weighted by molar-refractivity contribution is 0.127. The molecule has 0 aromatic heterocycles. The Labute approximate surface area is 155 Å². The topological polar surface area (TPSA) is 66.4 Å². The second-order valence-electron chi connectivity index (χ2n) is 7.80. The highest BCUT2D eigenvalue weighted by molar-refractivity contribution is 5.72. The molecule has 0 aliphatic carbocycles. The fourth-order valence-corrected chi connectivity index (χ4v) is 4.20. The number of phenolic OH excluding ortho intramolecular Hbond substituents is 1. The molecule has 4 aliphatic heterocycles. The van der Waals surface area contributed by atoms with E-state index in [4.69, 9.17) is 23.7 Å². The van der Waals surface area contributed by atoms with Gasteiger partial charge in [0.2, 0.25) is 12.5 Å². The summed E-state index contributed by atoms with van der Waals surface area (Å²) in [5, 5.41) is 10.8. The third-order valence-corrected chi connectivity index (χ3v) is 5.53. The van der Waals surface area contributed by atoms with Gasteiger partial charge in [-0.2, -0.15) is 0 Å². The molecule has 0 spiro atoms. The zero-order valence-electron chi connectivity index (χ0n) is 14.9. The van der Waals surface area contributed by atoms with E-state index in [0.717, 1.165) is 28.2 Å². The van der Waals surface area contributed by atoms with Crippen molar-refractivity contribution in [3.63, 3.8) is 0 Å². The van der Waals surface area contributed by atoms with Crippen molar-refractivity contribution in [3.05, 3.63) is 41.0 Å². The molecule has 2 atom stereocenters. The Kier molecular flexibility index (Phi) is 2.69. The number of phenols is 1. The van der Waals surface area contributed by atoms with E-state index in [1.165, 1.54) is 0 Å². The first-order valence-corrected chi connectivity index (χ1v) is 9.01. The van der Waals surface area contributed by atoms with Crippen LogP contribution in [0.1, 0.15) is 42.6 Å². The minimum Gasteiger partial charge on any atom is -0.502 e. The highest BCUT2D eigenvalue weighted by Gasteiger charge is 2.44. The Morgan fingerprint density at radius 3 is 2.63 bits per heavy atom. The summed E-state index contributed by atoms with van der Waals surface area (Å²) in [5.74, 6) is 3.16. The zero-order chi connectivity index (χ0) is 18.3. The van der Waals surface area contributed by atoms with Crippen LogP contribution in [-0.4, -0.2) is 24.1 Å². The van der Waals surface area contributed by atoms with Crippen molar-refractivity contribution in [2.24, 2.45) is 0 Å². The summed E-state index contributed by atoms with van der Waals surface area (Å²) in [6.45, 7) is 4.54. The van der Waals surface area contributed by atoms with Crippen LogP contribution < -0.4 is 23.7 Å². The minimum absolute atomic E-state index is 0.0318. The zero-order valence-corrected chi connectivity index (χ0v) is 14.9. The van der Waals surface area contributed by atoms with Gasteiger partial charge in [0.1, 0.15) is 17.5 Å². The molecule has 1 N–H and O–H groups in total. The summed E-state index contributed by atoms with van der Waals surface area (Å²) in [6.07, 6.45) is 3.72. The molecule has 0 saturated carbocycles. The third kappa shape index (κ3) is 2.01. The van der Waals surface area contributed by atoms with Crippen molar-refractivity contribution in [2.45, 2.75) is 31.5 Å². The fraction of sp³-hybridized carbons (Fsp3) is 0.333. The highest BCUT2D eigenvalue weighted by atomic mass is 16.7. The second-order valence-corrected chi connectivity index (χ2v) is 7.80. The Morgan fingerprint density at radius 2 is 1.78 bits per heavy atom. The molecule has 0 amide bonds. The van der Waals surface area contributed by atoms with Crippen LogP contribution in [-0.2, 0) is 0 Å². The van der Waals surface area contributed by atoms with Crippen molar-refractivity contribution in [1.29, 1.82) is 0 Å². The van der Waals surface area contributed by atoms with Gasteiger partial charge >= 0.3 is 0 Å². The Balaban J connectivity index is 1.46. The summed E-state index contributed by atoms with van der Waals surface area (Å²) in [4.78, 5) is 0. The highest BCUT2D eigenvalue weighted by Crippen LogP contribution is 2.58. The summed E-state index contributed by atoms with van der Waals surface area (Å²) < 4.78 is 29.1. The molecule has 0 bridgehead atoms. The first-order chi connectivity index (χ1) is 13.0. The molecule has 27 heavy (non-hydrogen) atoms. The molecule has 0 fully saturated rings. The maximum Gasteiger partial charge on any atom is 0.231 e. The predicted molar refractivity (Wildman–Crippen MR) is 96.0 cm³/mol. The van der Waals surface area contributed by atoms with Gasteiger partial charge in [-0.15, -0.1) is 0 Å². The molecule has 6 rings (SSSR count). The molecular formula is C21H18O6. The van der Waals surface area contributed by atoms with Crippen molar-refractivity contribution < 1.29 is 28.8 Å². The number of hydrogen-bond donors (Lipinski definition) is 1. The molecule has 0 saturated heterocycles. The van der Waals surface area contributed by atoms with Crippen molar-refractivity contribution in [1.82, 2.24) is 0 Å². The van der Waals surface area contributed by atoms with Gasteiger partial charge < -0.3 is 28.8 Å². The van der Waals surface area contributed by atoms with Crippen LogP contribution in [0.2, 0.25) is 0 Å². The van der Waals surface area contributed by atoms with E-state index in [1.807, 2.05) is 44.2 Å². The monoisotopic (exact) mass is 366 g/mol. The number of benzene rings is 2. The van der Waals surface area contributed by atoms with Crippen molar-refractivity contribution in [3.8, 4) is 34.5 Å². The molecule has 4 aliphatic rings. The van der Waals surface area contributed by atoms with Crippen molar-refractivity contribution >= 4 is 6.08 Å². The number of hydrogen-bond acceptors (Lipinski definition) is 6. The number of rotatable bonds is 0. The number of aromatic hydroxyl groups is 1. The van der Waals surface area contributed by atoms with E-state index >= 15 is 0 Å². The SMILES string of the molecule is CC1(C)C=Cc2cc3c(c(O)c2O1)OC[C@H]1c2cc4c(cc2O[C@@H]31)OCO4. The largest absolute Gasteiger partial charge is 0.502 e. The van der Waals surface area contributed by atoms with Crippen LogP contribution in [0, 0.1) is 0 Å². The number of ether oxygens (including phenoxy) is 5. The van der Waals surface area contributed by atoms with E-state index in [0.29, 0.717) is 23.9 Å². The predicted octanol–water partition coefficient (Wildman–Crippen LogP) is 3.91. The average molecular weight is 366 g/mol. The van der Waals surface area contributed by atoms with Gasteiger partial charge in [0.15, 0.2) is 23.0 Å². The fourth-order valence-electron chi connectivity index (χ4n) is 4.20. The lowest BCUT2D eigenvalue weighted by atomic mass is 9.87. The lowest BCUT2D eigenvalue weighted by Gasteiger charge is -2.33. The number of fused-ring (bicyclic) bond motifs is 7. The molecule has 0 radical (unpaired) electrons. The summed E-state index contributed by atoms with van der Waals surface area (Å²) in [5.41, 5.74) is 2.22. The van der Waals surface area contributed by atoms with E-state index in [2.05, 4.69) is 0 Å². The average Bonchev–Trinajstić information content (AvgIpc) is 3.23. The van der Waals surface area contributed by atoms with Gasteiger partial charge in [-0.3, -0.25) is 0 Å². The molecule has 6 heteroatoms. The molecule has 138 valence electrons. The maximum atomic E-state index is 10.8. The van der Waals surface area contributed by atoms with Crippen molar-refractivity contribution in [2.75, 3.05) is 13.4 Å². The van der Waals surface area contributed by atoms with E-state index in [1.54, 1.807) is 0 Å². The molecule has 6 nitrogen and oxygen atoms in total. The molecule has 4 heterocycles. The Morgan fingerprint density at radius 1 is 0.963 bits per heavy atom. The van der Waals surface area contributed by atoms with Gasteiger partial charge in [-0.05, 0) is 32.1 Å². The minimum atomic E-state index is -0.476. The van der Waals surface area contributed by atoms with E-state index < -0.39 is 5.60 Å². The van der Waals surface area contributed by atoms with Crippen LogP contribution in [0.15, 0.2) is 24.3 Å². The molecule has 2 aromatic carbocycles. The smallest absolute Gasteiger partial charge is 0.231 e. The van der Waals surface area contributed by atoms with E-state index in [9.17, 15) is 5.11 Å². The van der Waals surface area contributed by atoms with E-state index in [-0.39, 0.29) is 24.6 Å². The third-order valence-electron chi connectivity index (χ3n) is 5.53. The van der Waals surface area contributed by atoms with Gasteiger partial charge in [0.05, 0.1) is 12.5 Å². The summed E-state index contributed by atoms with van der Waals surface area (Å²) in [6, 6.07) is 5.83. The van der Waals surface area contributed by atoms with Crippen LogP contribution in [0.3, 0.4) is 0 Å². The van der Waals surface area contributed by atoms with Gasteiger partial charge in [-0.25, -0.2) is 0 Å². The second kappa shape index (κ2) is 4.82. The van der Waals surface area contributed by atoms with Crippen LogP contribution in [0.4, 0.5) is 0 Å². The molecule has 2 aromatic rings. The summed E-state index contributed by atoms with van der Waals surface area (Å²) in [7, 11) is 0. The first-order valence-electron chi connectivity index (χ1n) is 9.01. The Hall–Kier alpha value is -3.02. The molecular weight excluding hydrogens is 348 g/mol. The van der Waals surface area contributed by atoms with Crippen LogP contribution >= 0.6 is 0 Å². The molecule has 0 unspecified atom stereocenters. The quantitative estimate of drug-likeness (QED) is 0.762. The summed E-state index contributed by atoms with van der Waals surface area (Å²) >= 11 is 0. The first kappa shape index (κ1) is 15.1. The maximum absolute atomic E-state index is 10.8. The van der Waals surface area contributed by atoms with Gasteiger partial charge in [0, 0.05) is 22.8 Å². The Bertz CT molecular complexity index is 1020. The lowest BCUT2D eigenvalue weighted by Crippen LogP contribution is -2.28. The van der Waals surface area contributed by atoms with Gasteiger partial charge in [0.25, 0.3) is 0 Å². The van der Waals surface area contributed by atoms with Crippen LogP contribution in [0.25, 0.3) is 6.08 Å². The van der Waals surface area contributed by atoms with Gasteiger partial charge in [-0.1, -0.05) is 6.08 Å². The standard InChI is InChI=1S/C21H18O6/c1-21(2)4-3-10-5-12-19-13(8-23-20(12)17(22)18(10)27-21)11-6-15-16(25-9-24-15)7-14(11)26-19/h3-7,13,19,22H,8-9H2,1-2H3/t13-,19-/m0/s1.